The monoisotopic (exact) mass is 656 g/mol. The average Bonchev–Trinajstić information content (AvgIpc) is 3.59. The van der Waals surface area contributed by atoms with E-state index in [1.165, 1.54) is 0 Å². The molecule has 0 saturated carbocycles. The fourth-order valence-corrected chi connectivity index (χ4v) is 7.56. The summed E-state index contributed by atoms with van der Waals surface area (Å²) in [5, 5.41) is 28.4. The van der Waals surface area contributed by atoms with Crippen molar-refractivity contribution >= 4 is 61.2 Å². The summed E-state index contributed by atoms with van der Waals surface area (Å²) in [6.07, 6.45) is 4.91. The highest BCUT2D eigenvalue weighted by atomic mass is 32.1. The van der Waals surface area contributed by atoms with Crippen molar-refractivity contribution in [3.8, 4) is 0 Å². The fraction of sp³-hybridized carbons (Fsp3) is 0.515. The van der Waals surface area contributed by atoms with Crippen molar-refractivity contribution < 1.29 is 29.4 Å². The first-order valence-electron chi connectivity index (χ1n) is 15.3. The first-order valence-corrected chi connectivity index (χ1v) is 16.4. The number of aromatic nitrogens is 1. The maximum atomic E-state index is 12.6. The molecule has 1 fully saturated rings. The molecule has 45 heavy (non-hydrogen) atoms. The zero-order chi connectivity index (χ0) is 33.3. The lowest BCUT2D eigenvalue weighted by molar-refractivity contribution is -0.138. The van der Waals surface area contributed by atoms with Gasteiger partial charge in [-0.3, -0.25) is 19.2 Å². The van der Waals surface area contributed by atoms with E-state index in [1.54, 1.807) is 0 Å². The number of thiol groups is 2. The van der Waals surface area contributed by atoms with Gasteiger partial charge in [-0.05, 0) is 87.0 Å². The molecule has 0 bridgehead atoms. The first-order chi connectivity index (χ1) is 21.1. The molecule has 1 aromatic heterocycles. The molecular formula is C33H44N4O6S2. The van der Waals surface area contributed by atoms with Gasteiger partial charge in [-0.25, -0.2) is 0 Å². The van der Waals surface area contributed by atoms with Crippen LogP contribution < -0.4 is 16.0 Å². The summed E-state index contributed by atoms with van der Waals surface area (Å²) >= 11 is 9.11. The number of hydrogen-bond donors (Lipinski definition) is 8. The number of aromatic amines is 1. The van der Waals surface area contributed by atoms with E-state index >= 15 is 0 Å². The molecule has 1 aromatic rings. The number of hydrogen-bond acceptors (Lipinski definition) is 7. The van der Waals surface area contributed by atoms with Crippen LogP contribution in [0.3, 0.4) is 0 Å². The summed E-state index contributed by atoms with van der Waals surface area (Å²) in [4.78, 5) is 51.8. The van der Waals surface area contributed by atoms with Crippen LogP contribution in [0.25, 0.3) is 12.2 Å². The second kappa shape index (κ2) is 13.9. The molecule has 0 aromatic carbocycles. The summed E-state index contributed by atoms with van der Waals surface area (Å²) in [5.74, 6) is -2.32. The van der Waals surface area contributed by atoms with Crippen molar-refractivity contribution in [2.45, 2.75) is 96.2 Å². The average molecular weight is 657 g/mol. The molecule has 2 amide bonds. The summed E-state index contributed by atoms with van der Waals surface area (Å²) in [6, 6.07) is -0.333. The van der Waals surface area contributed by atoms with Crippen LogP contribution in [-0.2, 0) is 25.6 Å². The highest BCUT2D eigenvalue weighted by molar-refractivity contribution is 7.81. The Morgan fingerprint density at radius 3 is 2.11 bits per heavy atom. The number of nitrogens with one attached hydrogen (secondary N) is 4. The molecular weight excluding hydrogens is 613 g/mol. The van der Waals surface area contributed by atoms with Gasteiger partial charge in [0, 0.05) is 69.6 Å². The Morgan fingerprint density at radius 2 is 1.53 bits per heavy atom. The van der Waals surface area contributed by atoms with Crippen LogP contribution in [0.5, 0.6) is 0 Å². The van der Waals surface area contributed by atoms with Crippen molar-refractivity contribution in [1.82, 2.24) is 20.9 Å². The van der Waals surface area contributed by atoms with Gasteiger partial charge in [-0.1, -0.05) is 13.8 Å². The Hall–Kier alpha value is -3.38. The van der Waals surface area contributed by atoms with Crippen LogP contribution in [0, 0.1) is 18.8 Å². The Balaban J connectivity index is 1.74. The highest BCUT2D eigenvalue weighted by Crippen LogP contribution is 2.37. The number of carbonyl (C=O) groups excluding carboxylic acids is 2. The molecule has 1 unspecified atom stereocenters. The van der Waals surface area contributed by atoms with Crippen LogP contribution in [0.1, 0.15) is 82.8 Å². The van der Waals surface area contributed by atoms with E-state index in [1.807, 2.05) is 53.7 Å². The first kappa shape index (κ1) is 34.5. The molecule has 12 heteroatoms. The molecule has 6 atom stereocenters. The minimum Gasteiger partial charge on any atom is -0.481 e. The van der Waals surface area contributed by atoms with Gasteiger partial charge in [-0.15, -0.1) is 0 Å². The summed E-state index contributed by atoms with van der Waals surface area (Å²) in [7, 11) is 0. The molecule has 6 N–H and O–H groups in total. The van der Waals surface area contributed by atoms with E-state index in [4.69, 9.17) is 0 Å². The normalized spacial score (nSPS) is 26.5. The third-order valence-corrected chi connectivity index (χ3v) is 9.94. The molecule has 244 valence electrons. The summed E-state index contributed by atoms with van der Waals surface area (Å²) in [5.41, 5.74) is 8.22. The van der Waals surface area contributed by atoms with Gasteiger partial charge in [-0.2, -0.15) is 25.3 Å². The van der Waals surface area contributed by atoms with Gasteiger partial charge < -0.3 is 31.1 Å². The predicted molar refractivity (Wildman–Crippen MR) is 181 cm³/mol. The largest absolute Gasteiger partial charge is 0.481 e. The Kier molecular flexibility index (Phi) is 10.7. The Morgan fingerprint density at radius 1 is 0.911 bits per heavy atom. The zero-order valence-corrected chi connectivity index (χ0v) is 28.4. The maximum Gasteiger partial charge on any atom is 0.303 e. The smallest absolute Gasteiger partial charge is 0.303 e. The molecule has 10 nitrogen and oxygen atoms in total. The van der Waals surface area contributed by atoms with Crippen molar-refractivity contribution in [2.24, 2.45) is 11.8 Å². The van der Waals surface area contributed by atoms with E-state index in [2.05, 4.69) is 46.2 Å². The van der Waals surface area contributed by atoms with Crippen LogP contribution in [0.2, 0.25) is 0 Å². The van der Waals surface area contributed by atoms with Crippen molar-refractivity contribution in [1.29, 1.82) is 0 Å². The number of carbonyl (C=O) groups is 4. The molecule has 3 aliphatic rings. The lowest BCUT2D eigenvalue weighted by Crippen LogP contribution is -2.36. The minimum absolute atomic E-state index is 0.0486. The zero-order valence-electron chi connectivity index (χ0n) is 26.6. The van der Waals surface area contributed by atoms with Gasteiger partial charge in [0.2, 0.25) is 11.8 Å². The van der Waals surface area contributed by atoms with E-state index in [-0.39, 0.29) is 65.5 Å². The quantitative estimate of drug-likeness (QED) is 0.155. The van der Waals surface area contributed by atoms with Crippen molar-refractivity contribution in [2.75, 3.05) is 0 Å². The van der Waals surface area contributed by atoms with Gasteiger partial charge in [0.05, 0.1) is 6.04 Å². The predicted octanol–water partition coefficient (Wildman–Crippen LogP) is 4.40. The molecule has 1 saturated heterocycles. The third kappa shape index (κ3) is 7.38. The van der Waals surface area contributed by atoms with Crippen molar-refractivity contribution in [3.05, 3.63) is 56.2 Å². The topological polar surface area (TPSA) is 161 Å². The summed E-state index contributed by atoms with van der Waals surface area (Å²) < 4.78 is 0. The highest BCUT2D eigenvalue weighted by Gasteiger charge is 2.38. The minimum atomic E-state index is -0.913. The third-order valence-electron chi connectivity index (χ3n) is 9.36. The molecule has 0 aliphatic carbocycles. The second-order valence-electron chi connectivity index (χ2n) is 12.4. The number of amides is 2. The molecule has 0 spiro atoms. The lowest BCUT2D eigenvalue weighted by atomic mass is 9.91. The van der Waals surface area contributed by atoms with Gasteiger partial charge in [0.1, 0.15) is 0 Å². The molecule has 0 radical (unpaired) electrons. The Bertz CT molecular complexity index is 1530. The standard InChI is InChI=1S/C33H44N4O6S2/c1-14-20(7-9-28(38)39)25(34-22(14)11-24-16(3)31(19(6)45)33(43)36-24)13-26-21(8-10-29(40)41)15(2)23(35-26)12-27-30(18(5)44)17(4)32(42)37-27/h12-13,17-19,22,24,30,34-35,44-45H,7-11H2,1-6H3,(H,36,43)(H,37,42)(H,38,39)(H,40,41)/b25-13-,27-12-/t17-,18+,19-,22?,24-,30+/m1/s1. The number of aliphatic carboxylic acids is 2. The van der Waals surface area contributed by atoms with E-state index < -0.39 is 11.9 Å². The van der Waals surface area contributed by atoms with Crippen LogP contribution in [0.15, 0.2) is 33.7 Å². The van der Waals surface area contributed by atoms with Gasteiger partial charge in [0.15, 0.2) is 0 Å². The van der Waals surface area contributed by atoms with Crippen molar-refractivity contribution in [3.63, 3.8) is 0 Å². The fourth-order valence-electron chi connectivity index (χ4n) is 6.82. The number of carboxylic acids is 2. The SMILES string of the molecule is CC1=C(CCC(=O)O)/C(=C/c2[nH]c(/C=C3\NC(=O)[C@H](C)[C@H]3[C@H](C)S)c(C)c2CCC(=O)O)NC1C[C@H]1NC(=O)C([C@@H](C)S)=C1C. The van der Waals surface area contributed by atoms with E-state index in [9.17, 15) is 29.4 Å². The van der Waals surface area contributed by atoms with Gasteiger partial charge >= 0.3 is 11.9 Å². The number of rotatable bonds is 12. The summed E-state index contributed by atoms with van der Waals surface area (Å²) in [6.45, 7) is 11.6. The maximum absolute atomic E-state index is 12.6. The van der Waals surface area contributed by atoms with Gasteiger partial charge in [0.25, 0.3) is 0 Å². The van der Waals surface area contributed by atoms with E-state index in [0.717, 1.165) is 44.9 Å². The number of H-pyrrole nitrogens is 1. The molecule has 3 aliphatic heterocycles. The van der Waals surface area contributed by atoms with E-state index in [0.29, 0.717) is 24.1 Å². The lowest BCUT2D eigenvalue weighted by Gasteiger charge is -2.20. The van der Waals surface area contributed by atoms with Crippen LogP contribution >= 0.6 is 25.3 Å². The number of carboxylic acid groups (broad SMARTS) is 2. The molecule has 4 rings (SSSR count). The number of allylic oxidation sites excluding steroid dienone is 2. The van der Waals surface area contributed by atoms with Crippen LogP contribution in [-0.4, -0.2) is 61.5 Å². The second-order valence-corrected chi connectivity index (χ2v) is 14.0. The molecule has 4 heterocycles. The van der Waals surface area contributed by atoms with Crippen LogP contribution in [0.4, 0.5) is 0 Å². The Labute approximate surface area is 275 Å².